The molecular weight excluding hydrogens is 440 g/mol. The smallest absolute Gasteiger partial charge is 0.263 e. The lowest BCUT2D eigenvalue weighted by molar-refractivity contribution is -0.148. The fourth-order valence-corrected chi connectivity index (χ4v) is 5.88. The predicted octanol–water partition coefficient (Wildman–Crippen LogP) is 3.67. The largest absolute Gasteiger partial charge is 0.486 e. The second kappa shape index (κ2) is 9.35. The molecule has 7 nitrogen and oxygen atoms in total. The zero-order valence-corrected chi connectivity index (χ0v) is 19.9. The van der Waals surface area contributed by atoms with E-state index in [0.717, 1.165) is 26.8 Å². The fourth-order valence-electron chi connectivity index (χ4n) is 4.91. The van der Waals surface area contributed by atoms with E-state index in [1.165, 1.54) is 11.3 Å². The van der Waals surface area contributed by atoms with Gasteiger partial charge >= 0.3 is 0 Å². The minimum Gasteiger partial charge on any atom is -0.486 e. The topological polar surface area (TPSA) is 68.3 Å². The molecule has 2 amide bonds. The van der Waals surface area contributed by atoms with Crippen molar-refractivity contribution in [2.45, 2.75) is 38.9 Å². The van der Waals surface area contributed by atoms with Gasteiger partial charge in [0.2, 0.25) is 5.91 Å². The lowest BCUT2D eigenvalue weighted by atomic mass is 9.94. The van der Waals surface area contributed by atoms with Crippen LogP contribution in [0.2, 0.25) is 0 Å². The standard InChI is InChI=1S/C25H30N2O5S/c1-16-14-27(15-17(2)32-16)24(28)18-7-9-26(10-8-18)25(29)23-6-5-22(33-23)19-3-4-20-21(13-19)31-12-11-30-20/h3-6,13,16-18H,7-12,14-15H2,1-2H3. The van der Waals surface area contributed by atoms with E-state index in [9.17, 15) is 9.59 Å². The molecule has 0 spiro atoms. The molecule has 0 saturated carbocycles. The van der Waals surface area contributed by atoms with Gasteiger partial charge in [0.15, 0.2) is 11.5 Å². The van der Waals surface area contributed by atoms with Gasteiger partial charge in [0.1, 0.15) is 13.2 Å². The first kappa shape index (κ1) is 22.2. The number of ether oxygens (including phenoxy) is 3. The maximum atomic E-state index is 13.1. The van der Waals surface area contributed by atoms with Crippen LogP contribution in [-0.4, -0.2) is 73.2 Å². The van der Waals surface area contributed by atoms with Crippen molar-refractivity contribution in [3.63, 3.8) is 0 Å². The zero-order chi connectivity index (χ0) is 22.9. The average Bonchev–Trinajstić information content (AvgIpc) is 3.33. The Hall–Kier alpha value is -2.58. The van der Waals surface area contributed by atoms with Crippen molar-refractivity contribution < 1.29 is 23.8 Å². The van der Waals surface area contributed by atoms with Crippen LogP contribution < -0.4 is 9.47 Å². The summed E-state index contributed by atoms with van der Waals surface area (Å²) in [5.74, 6) is 1.75. The quantitative estimate of drug-likeness (QED) is 0.685. The Kier molecular flexibility index (Phi) is 6.29. The number of thiophene rings is 1. The summed E-state index contributed by atoms with van der Waals surface area (Å²) in [6.45, 7) is 7.67. The van der Waals surface area contributed by atoms with Crippen LogP contribution in [-0.2, 0) is 9.53 Å². The number of hydrogen-bond donors (Lipinski definition) is 0. The highest BCUT2D eigenvalue weighted by Gasteiger charge is 2.34. The van der Waals surface area contributed by atoms with Crippen LogP contribution in [0.5, 0.6) is 11.5 Å². The number of carbonyl (C=O) groups excluding carboxylic acids is 2. The Bertz CT molecular complexity index is 1020. The SMILES string of the molecule is CC1CN(C(=O)C2CCN(C(=O)c3ccc(-c4ccc5c(c4)OCCO5)s3)CC2)CC(C)O1. The minimum atomic E-state index is -0.0110. The summed E-state index contributed by atoms with van der Waals surface area (Å²) in [6, 6.07) is 9.77. The molecule has 2 fully saturated rings. The number of fused-ring (bicyclic) bond motifs is 1. The molecule has 5 rings (SSSR count). The predicted molar refractivity (Wildman–Crippen MR) is 126 cm³/mol. The van der Waals surface area contributed by atoms with Crippen molar-refractivity contribution in [2.24, 2.45) is 5.92 Å². The molecule has 0 bridgehead atoms. The molecule has 0 radical (unpaired) electrons. The summed E-state index contributed by atoms with van der Waals surface area (Å²) in [5, 5.41) is 0. The molecule has 1 aromatic carbocycles. The molecule has 1 aromatic heterocycles. The van der Waals surface area contributed by atoms with Gasteiger partial charge in [-0.05, 0) is 62.6 Å². The molecule has 2 unspecified atom stereocenters. The van der Waals surface area contributed by atoms with Crippen LogP contribution >= 0.6 is 11.3 Å². The second-order valence-corrected chi connectivity index (χ2v) is 10.2. The van der Waals surface area contributed by atoms with E-state index >= 15 is 0 Å². The fraction of sp³-hybridized carbons (Fsp3) is 0.520. The Morgan fingerprint density at radius 3 is 2.33 bits per heavy atom. The lowest BCUT2D eigenvalue weighted by Crippen LogP contribution is -2.51. The number of nitrogens with zero attached hydrogens (tertiary/aromatic N) is 2. The molecule has 3 aliphatic heterocycles. The highest BCUT2D eigenvalue weighted by Crippen LogP contribution is 2.37. The first-order valence-electron chi connectivity index (χ1n) is 11.7. The van der Waals surface area contributed by atoms with Crippen LogP contribution in [0, 0.1) is 5.92 Å². The Balaban J connectivity index is 1.19. The number of amides is 2. The highest BCUT2D eigenvalue weighted by atomic mass is 32.1. The Morgan fingerprint density at radius 1 is 0.909 bits per heavy atom. The van der Waals surface area contributed by atoms with E-state index in [1.54, 1.807) is 0 Å². The van der Waals surface area contributed by atoms with Crippen molar-refractivity contribution in [1.29, 1.82) is 0 Å². The van der Waals surface area contributed by atoms with E-state index in [1.807, 2.05) is 54.0 Å². The van der Waals surface area contributed by atoms with Gasteiger partial charge < -0.3 is 24.0 Å². The van der Waals surface area contributed by atoms with Crippen LogP contribution in [0.1, 0.15) is 36.4 Å². The summed E-state index contributed by atoms with van der Waals surface area (Å²) in [4.78, 5) is 31.7. The monoisotopic (exact) mass is 470 g/mol. The van der Waals surface area contributed by atoms with Gasteiger partial charge in [-0.15, -0.1) is 11.3 Å². The summed E-state index contributed by atoms with van der Waals surface area (Å²) >= 11 is 1.49. The number of hydrogen-bond acceptors (Lipinski definition) is 6. The summed E-state index contributed by atoms with van der Waals surface area (Å²) in [7, 11) is 0. The molecule has 2 aromatic rings. The maximum Gasteiger partial charge on any atom is 0.263 e. The normalized spacial score (nSPS) is 23.5. The van der Waals surface area contributed by atoms with E-state index < -0.39 is 0 Å². The first-order valence-corrected chi connectivity index (χ1v) is 12.5. The van der Waals surface area contributed by atoms with Gasteiger partial charge in [-0.3, -0.25) is 9.59 Å². The van der Waals surface area contributed by atoms with Gasteiger partial charge in [0, 0.05) is 37.0 Å². The molecule has 0 N–H and O–H groups in total. The molecule has 2 saturated heterocycles. The van der Waals surface area contributed by atoms with Gasteiger partial charge in [-0.25, -0.2) is 0 Å². The number of carbonyl (C=O) groups is 2. The molecule has 0 aliphatic carbocycles. The van der Waals surface area contributed by atoms with Crippen molar-refractivity contribution in [3.8, 4) is 21.9 Å². The van der Waals surface area contributed by atoms with Crippen molar-refractivity contribution in [1.82, 2.24) is 9.80 Å². The van der Waals surface area contributed by atoms with Crippen LogP contribution in [0.15, 0.2) is 30.3 Å². The number of likely N-dealkylation sites (tertiary alicyclic amines) is 1. The van der Waals surface area contributed by atoms with E-state index in [2.05, 4.69) is 0 Å². The van der Waals surface area contributed by atoms with E-state index in [0.29, 0.717) is 52.2 Å². The van der Waals surface area contributed by atoms with Crippen molar-refractivity contribution >= 4 is 23.2 Å². The van der Waals surface area contributed by atoms with Gasteiger partial charge in [-0.1, -0.05) is 0 Å². The van der Waals surface area contributed by atoms with E-state index in [-0.39, 0.29) is 29.9 Å². The average molecular weight is 471 g/mol. The van der Waals surface area contributed by atoms with Gasteiger partial charge in [-0.2, -0.15) is 0 Å². The summed E-state index contributed by atoms with van der Waals surface area (Å²) < 4.78 is 17.0. The number of benzene rings is 1. The first-order chi connectivity index (χ1) is 16.0. The van der Waals surface area contributed by atoms with E-state index in [4.69, 9.17) is 14.2 Å². The lowest BCUT2D eigenvalue weighted by Gasteiger charge is -2.39. The molecule has 2 atom stereocenters. The molecule has 4 heterocycles. The summed E-state index contributed by atoms with van der Waals surface area (Å²) in [5.41, 5.74) is 1.02. The molecule has 176 valence electrons. The van der Waals surface area contributed by atoms with Crippen molar-refractivity contribution in [3.05, 3.63) is 35.2 Å². The number of rotatable bonds is 3. The van der Waals surface area contributed by atoms with Crippen LogP contribution in [0.3, 0.4) is 0 Å². The third-order valence-corrected chi connectivity index (χ3v) is 7.63. The zero-order valence-electron chi connectivity index (χ0n) is 19.1. The Morgan fingerprint density at radius 2 is 1.61 bits per heavy atom. The molecule has 33 heavy (non-hydrogen) atoms. The van der Waals surface area contributed by atoms with Crippen molar-refractivity contribution in [2.75, 3.05) is 39.4 Å². The second-order valence-electron chi connectivity index (χ2n) is 9.09. The third kappa shape index (κ3) is 4.73. The number of piperidine rings is 1. The number of morpholine rings is 1. The minimum absolute atomic E-state index is 0.0110. The summed E-state index contributed by atoms with van der Waals surface area (Å²) in [6.07, 6.45) is 1.57. The van der Waals surface area contributed by atoms with Gasteiger partial charge in [0.05, 0.1) is 17.1 Å². The molecule has 3 aliphatic rings. The molecular formula is C25H30N2O5S. The molecule has 8 heteroatoms. The third-order valence-electron chi connectivity index (χ3n) is 6.51. The Labute approximate surface area is 198 Å². The van der Waals surface area contributed by atoms with Crippen LogP contribution in [0.4, 0.5) is 0 Å². The van der Waals surface area contributed by atoms with Crippen LogP contribution in [0.25, 0.3) is 10.4 Å². The maximum absolute atomic E-state index is 13.1. The highest BCUT2D eigenvalue weighted by molar-refractivity contribution is 7.17. The van der Waals surface area contributed by atoms with Gasteiger partial charge in [0.25, 0.3) is 5.91 Å².